The highest BCUT2D eigenvalue weighted by molar-refractivity contribution is 7.47. The average molecular weight is 983 g/mol. The first-order chi connectivity index (χ1) is 33.2. The van der Waals surface area contributed by atoms with E-state index in [1.807, 2.05) is 0 Å². The number of esters is 3. The van der Waals surface area contributed by atoms with Crippen molar-refractivity contribution in [3.8, 4) is 0 Å². The minimum absolute atomic E-state index is 0.162. The molecule has 0 rings (SSSR count). The fraction of sp³-hybridized carbons (Fsp3) is 0.839. The molecule has 0 fully saturated rings. The maximum atomic E-state index is 12.9. The third kappa shape index (κ3) is 48.7. The van der Waals surface area contributed by atoms with Crippen LogP contribution in [-0.2, 0) is 42.2 Å². The topological polar surface area (TPSA) is 155 Å². The quantitative estimate of drug-likeness (QED) is 0.0197. The van der Waals surface area contributed by atoms with E-state index in [0.717, 1.165) is 89.9 Å². The summed E-state index contributed by atoms with van der Waals surface area (Å²) < 4.78 is 39.4. The number of aliphatic hydroxyl groups is 1. The molecule has 0 amide bonds. The molecule has 0 aromatic heterocycles. The Hall–Kier alpha value is -2.30. The first-order valence-corrected chi connectivity index (χ1v) is 29.4. The van der Waals surface area contributed by atoms with Crippen molar-refractivity contribution in [1.82, 2.24) is 0 Å². The predicted octanol–water partition coefficient (Wildman–Crippen LogP) is 16.0. The fourth-order valence-corrected chi connectivity index (χ4v) is 8.53. The van der Waals surface area contributed by atoms with Crippen molar-refractivity contribution in [2.45, 2.75) is 277 Å². The van der Waals surface area contributed by atoms with Crippen LogP contribution in [-0.4, -0.2) is 66.5 Å². The maximum absolute atomic E-state index is 12.9. The van der Waals surface area contributed by atoms with Crippen molar-refractivity contribution in [2.24, 2.45) is 0 Å². The van der Waals surface area contributed by atoms with Gasteiger partial charge in [-0.2, -0.15) is 0 Å². The Labute approximate surface area is 416 Å². The molecule has 0 radical (unpaired) electrons. The number of aliphatic hydroxyl groups excluding tert-OH is 1. The van der Waals surface area contributed by atoms with E-state index in [2.05, 4.69) is 57.2 Å². The van der Waals surface area contributed by atoms with E-state index in [1.165, 1.54) is 116 Å². The maximum Gasteiger partial charge on any atom is 0.472 e. The van der Waals surface area contributed by atoms with Crippen molar-refractivity contribution in [3.05, 3.63) is 36.5 Å². The van der Waals surface area contributed by atoms with E-state index in [4.69, 9.17) is 23.3 Å². The van der Waals surface area contributed by atoms with Gasteiger partial charge < -0.3 is 24.2 Å². The van der Waals surface area contributed by atoms with Crippen molar-refractivity contribution >= 4 is 25.7 Å². The van der Waals surface area contributed by atoms with Crippen LogP contribution in [0.5, 0.6) is 0 Å². The van der Waals surface area contributed by atoms with Gasteiger partial charge in [-0.05, 0) is 70.6 Å². The molecule has 0 heterocycles. The molecule has 2 N–H and O–H groups in total. The summed E-state index contributed by atoms with van der Waals surface area (Å²) >= 11 is 0. The van der Waals surface area contributed by atoms with Gasteiger partial charge >= 0.3 is 25.7 Å². The molecule has 11 nitrogen and oxygen atoms in total. The number of unbranched alkanes of at least 4 members (excludes halogenated alkanes) is 29. The highest BCUT2D eigenvalue weighted by atomic mass is 31.2. The molecule has 0 bridgehead atoms. The monoisotopic (exact) mass is 983 g/mol. The SMILES string of the molecule is CCC/C=C\C/C=C\CCCCCCCC(=O)OCC(COP(=O)(O)OCC(CO)OC(=O)CCCCCCCCCCCCC)OC(=O)CCCCCCCCC/C=C\CCCCCCCC. The Morgan fingerprint density at radius 1 is 0.412 bits per heavy atom. The molecule has 0 aromatic carbocycles. The molecule has 398 valence electrons. The zero-order valence-electron chi connectivity index (χ0n) is 43.8. The van der Waals surface area contributed by atoms with Gasteiger partial charge in [-0.3, -0.25) is 23.4 Å². The summed E-state index contributed by atoms with van der Waals surface area (Å²) in [6.45, 7) is 4.57. The Bertz CT molecular complexity index is 1280. The summed E-state index contributed by atoms with van der Waals surface area (Å²) in [4.78, 5) is 48.4. The van der Waals surface area contributed by atoms with Gasteiger partial charge in [-0.1, -0.05) is 211 Å². The molecule has 0 aliphatic heterocycles. The second kappa shape index (κ2) is 51.1. The Morgan fingerprint density at radius 2 is 0.750 bits per heavy atom. The largest absolute Gasteiger partial charge is 0.472 e. The molecule has 0 saturated heterocycles. The van der Waals surface area contributed by atoms with Gasteiger partial charge in [0.1, 0.15) is 12.7 Å². The predicted molar refractivity (Wildman–Crippen MR) is 279 cm³/mol. The van der Waals surface area contributed by atoms with Crippen LogP contribution in [0.2, 0.25) is 0 Å². The molecule has 12 heteroatoms. The minimum atomic E-state index is -4.74. The molecule has 0 spiro atoms. The van der Waals surface area contributed by atoms with E-state index in [9.17, 15) is 28.9 Å². The molecule has 68 heavy (non-hydrogen) atoms. The van der Waals surface area contributed by atoms with Crippen LogP contribution in [0, 0.1) is 0 Å². The van der Waals surface area contributed by atoms with Crippen LogP contribution in [0.25, 0.3) is 0 Å². The lowest BCUT2D eigenvalue weighted by molar-refractivity contribution is -0.161. The van der Waals surface area contributed by atoms with Crippen LogP contribution in [0.4, 0.5) is 0 Å². The molecular weight excluding hydrogens is 880 g/mol. The summed E-state index contributed by atoms with van der Waals surface area (Å²) in [5.41, 5.74) is 0. The van der Waals surface area contributed by atoms with Gasteiger partial charge in [0.25, 0.3) is 0 Å². The van der Waals surface area contributed by atoms with Gasteiger partial charge in [-0.25, -0.2) is 4.57 Å². The number of carbonyl (C=O) groups is 3. The van der Waals surface area contributed by atoms with Gasteiger partial charge in [0.2, 0.25) is 0 Å². The highest BCUT2D eigenvalue weighted by Gasteiger charge is 2.28. The van der Waals surface area contributed by atoms with Crippen LogP contribution in [0.3, 0.4) is 0 Å². The van der Waals surface area contributed by atoms with E-state index in [0.29, 0.717) is 19.3 Å². The zero-order valence-corrected chi connectivity index (χ0v) is 44.7. The third-order valence-electron chi connectivity index (χ3n) is 12.0. The molecule has 3 atom stereocenters. The summed E-state index contributed by atoms with van der Waals surface area (Å²) in [6.07, 6.45) is 51.0. The number of carbonyl (C=O) groups excluding carboxylic acids is 3. The second-order valence-corrected chi connectivity index (χ2v) is 20.2. The minimum Gasteiger partial charge on any atom is -0.462 e. The summed E-state index contributed by atoms with van der Waals surface area (Å²) in [5, 5.41) is 9.78. The molecule has 0 aromatic rings. The van der Waals surface area contributed by atoms with Crippen LogP contribution in [0.15, 0.2) is 36.5 Å². The van der Waals surface area contributed by atoms with E-state index in [1.54, 1.807) is 0 Å². The number of rotatable bonds is 52. The Balaban J connectivity index is 4.73. The lowest BCUT2D eigenvalue weighted by atomic mass is 10.1. The first-order valence-electron chi connectivity index (χ1n) is 27.9. The molecule has 3 unspecified atom stereocenters. The number of hydrogen-bond donors (Lipinski definition) is 2. The standard InChI is InChI=1S/C56H103O11P/c1-4-7-10-13-16-19-22-24-25-26-27-29-32-35-38-41-44-47-56(60)67-53(49-63-54(58)45-42-39-36-33-31-28-23-20-17-14-11-8-5-2)51-65-68(61,62)64-50-52(48-57)66-55(59)46-43-40-37-34-30-21-18-15-12-9-6-3/h11,14,20,23-25,52-53,57H,4-10,12-13,15-19,21-22,26-51H2,1-3H3,(H,61,62)/b14-11-,23-20-,25-24-. The van der Waals surface area contributed by atoms with Crippen molar-refractivity contribution in [3.63, 3.8) is 0 Å². The molecule has 0 saturated carbocycles. The van der Waals surface area contributed by atoms with Crippen LogP contribution < -0.4 is 0 Å². The Morgan fingerprint density at radius 3 is 1.16 bits per heavy atom. The number of phosphoric ester groups is 1. The number of phosphoric acid groups is 1. The zero-order chi connectivity index (χ0) is 49.9. The van der Waals surface area contributed by atoms with Gasteiger partial charge in [0, 0.05) is 19.3 Å². The Kier molecular flexibility index (Phi) is 49.3. The van der Waals surface area contributed by atoms with Crippen LogP contribution >= 0.6 is 7.82 Å². The number of hydrogen-bond acceptors (Lipinski definition) is 10. The van der Waals surface area contributed by atoms with E-state index < -0.39 is 57.8 Å². The third-order valence-corrected chi connectivity index (χ3v) is 13.0. The lowest BCUT2D eigenvalue weighted by Gasteiger charge is -2.21. The fourth-order valence-electron chi connectivity index (χ4n) is 7.74. The smallest absolute Gasteiger partial charge is 0.462 e. The van der Waals surface area contributed by atoms with Crippen molar-refractivity contribution < 1.29 is 52.2 Å². The van der Waals surface area contributed by atoms with E-state index >= 15 is 0 Å². The van der Waals surface area contributed by atoms with Crippen molar-refractivity contribution in [1.29, 1.82) is 0 Å². The normalized spacial score (nSPS) is 13.7. The van der Waals surface area contributed by atoms with Crippen LogP contribution in [0.1, 0.15) is 265 Å². The molecular formula is C56H103O11P. The van der Waals surface area contributed by atoms with E-state index in [-0.39, 0.29) is 25.9 Å². The summed E-state index contributed by atoms with van der Waals surface area (Å²) in [7, 11) is -4.74. The highest BCUT2D eigenvalue weighted by Crippen LogP contribution is 2.43. The molecule has 0 aliphatic rings. The number of ether oxygens (including phenoxy) is 3. The van der Waals surface area contributed by atoms with Crippen molar-refractivity contribution in [2.75, 3.05) is 26.4 Å². The molecule has 0 aliphatic carbocycles. The lowest BCUT2D eigenvalue weighted by Crippen LogP contribution is -2.30. The van der Waals surface area contributed by atoms with Gasteiger partial charge in [-0.15, -0.1) is 0 Å². The average Bonchev–Trinajstić information content (AvgIpc) is 3.32. The number of allylic oxidation sites excluding steroid dienone is 6. The van der Waals surface area contributed by atoms with Gasteiger partial charge in [0.05, 0.1) is 19.8 Å². The summed E-state index contributed by atoms with van der Waals surface area (Å²) in [5.74, 6) is -1.47. The second-order valence-electron chi connectivity index (χ2n) is 18.7. The first kappa shape index (κ1) is 65.7. The summed E-state index contributed by atoms with van der Waals surface area (Å²) in [6, 6.07) is 0. The van der Waals surface area contributed by atoms with Gasteiger partial charge in [0.15, 0.2) is 6.10 Å².